The molecule has 0 saturated heterocycles. The molecule has 1 rings (SSSR count). The van der Waals surface area contributed by atoms with Gasteiger partial charge in [0.1, 0.15) is 5.37 Å². The van der Waals surface area contributed by atoms with E-state index in [2.05, 4.69) is 24.2 Å². The predicted molar refractivity (Wildman–Crippen MR) is 47.9 cm³/mol. The zero-order chi connectivity index (χ0) is 8.27. The van der Waals surface area contributed by atoms with Gasteiger partial charge in [-0.2, -0.15) is 0 Å². The minimum atomic E-state index is 0.267. The molecular weight excluding hydrogens is 158 g/mol. The molecule has 1 unspecified atom stereocenters. The first kappa shape index (κ1) is 8.85. The van der Waals surface area contributed by atoms with Crippen molar-refractivity contribution in [3.05, 3.63) is 11.1 Å². The number of rotatable bonds is 3. The molecule has 0 fully saturated rings. The number of hydrogen-bond donors (Lipinski definition) is 1. The molecule has 3 heteroatoms. The quantitative estimate of drug-likeness (QED) is 0.651. The van der Waals surface area contributed by atoms with Crippen molar-refractivity contribution in [2.24, 2.45) is 0 Å². The summed E-state index contributed by atoms with van der Waals surface area (Å²) >= 11 is 1.69. The van der Waals surface area contributed by atoms with E-state index in [1.54, 1.807) is 11.8 Å². The van der Waals surface area contributed by atoms with Gasteiger partial charge in [-0.3, -0.25) is 0 Å². The minimum absolute atomic E-state index is 0.267. The molecule has 0 saturated carbocycles. The van der Waals surface area contributed by atoms with Crippen molar-refractivity contribution in [3.8, 4) is 0 Å². The van der Waals surface area contributed by atoms with Crippen LogP contribution < -0.4 is 0 Å². The highest BCUT2D eigenvalue weighted by Gasteiger charge is 2.34. The summed E-state index contributed by atoms with van der Waals surface area (Å²) in [4.78, 5) is 2.26. The van der Waals surface area contributed by atoms with Gasteiger partial charge in [-0.05, 0) is 6.92 Å². The van der Waals surface area contributed by atoms with Crippen LogP contribution in [-0.2, 0) is 0 Å². The lowest BCUT2D eigenvalue weighted by molar-refractivity contribution is 0.245. The van der Waals surface area contributed by atoms with E-state index < -0.39 is 0 Å². The van der Waals surface area contributed by atoms with Crippen molar-refractivity contribution in [2.75, 3.05) is 13.2 Å². The van der Waals surface area contributed by atoms with Crippen molar-refractivity contribution in [1.82, 2.24) is 4.90 Å². The van der Waals surface area contributed by atoms with Crippen LogP contribution in [0.5, 0.6) is 0 Å². The fourth-order valence-electron chi connectivity index (χ4n) is 1.26. The van der Waals surface area contributed by atoms with Crippen LogP contribution in [0.25, 0.3) is 0 Å². The van der Waals surface area contributed by atoms with E-state index in [0.717, 1.165) is 13.0 Å². The highest BCUT2D eigenvalue weighted by atomic mass is 32.2. The first-order valence-electron chi connectivity index (χ1n) is 3.92. The molecule has 0 amide bonds. The maximum atomic E-state index is 8.75. The van der Waals surface area contributed by atoms with Crippen molar-refractivity contribution in [2.45, 2.75) is 25.6 Å². The predicted octanol–water partition coefficient (Wildman–Crippen LogP) is 1.43. The summed E-state index contributed by atoms with van der Waals surface area (Å²) in [5.74, 6) is 0. The summed E-state index contributed by atoms with van der Waals surface area (Å²) in [6, 6.07) is 0. The molecule has 0 spiro atoms. The Morgan fingerprint density at radius 3 is 3.00 bits per heavy atom. The van der Waals surface area contributed by atoms with E-state index in [1.807, 2.05) is 0 Å². The second-order valence-corrected chi connectivity index (χ2v) is 3.54. The molecule has 0 bridgehead atoms. The van der Waals surface area contributed by atoms with Crippen molar-refractivity contribution in [3.63, 3.8) is 0 Å². The molecule has 1 N–H and O–H groups in total. The number of aliphatic hydroxyl groups is 1. The number of nitrogens with zero attached hydrogens (tertiary/aromatic N) is 1. The number of hydrogen-bond acceptors (Lipinski definition) is 3. The van der Waals surface area contributed by atoms with Crippen LogP contribution in [0.1, 0.15) is 20.3 Å². The molecule has 0 radical (unpaired) electrons. The van der Waals surface area contributed by atoms with Gasteiger partial charge >= 0.3 is 5.41 Å². The van der Waals surface area contributed by atoms with Crippen LogP contribution in [0.15, 0.2) is 5.70 Å². The van der Waals surface area contributed by atoms with Crippen LogP contribution >= 0.6 is 11.8 Å². The molecule has 62 valence electrons. The first-order chi connectivity index (χ1) is 5.29. The van der Waals surface area contributed by atoms with Gasteiger partial charge in [0.25, 0.3) is 5.70 Å². The average molecular weight is 172 g/mol. The van der Waals surface area contributed by atoms with Crippen LogP contribution in [0.2, 0.25) is 0 Å². The van der Waals surface area contributed by atoms with Crippen LogP contribution in [0.4, 0.5) is 0 Å². The van der Waals surface area contributed by atoms with Gasteiger partial charge in [0.05, 0.1) is 0 Å². The maximum absolute atomic E-state index is 8.75. The van der Waals surface area contributed by atoms with Crippen molar-refractivity contribution in [1.29, 1.82) is 0 Å². The van der Waals surface area contributed by atoms with E-state index in [9.17, 15) is 0 Å². The molecule has 1 aliphatic heterocycles. The number of aliphatic hydroxyl groups excluding tert-OH is 1. The Balaban J connectivity index is 2.46. The normalized spacial score (nSPS) is 23.4. The second-order valence-electron chi connectivity index (χ2n) is 2.56. The summed E-state index contributed by atoms with van der Waals surface area (Å²) in [5.41, 5.74) is 1.20. The van der Waals surface area contributed by atoms with E-state index in [-0.39, 0.29) is 6.61 Å². The fraction of sp³-hybridized carbons (Fsp3) is 0.750. The second kappa shape index (κ2) is 3.96. The van der Waals surface area contributed by atoms with E-state index in [4.69, 9.17) is 5.11 Å². The van der Waals surface area contributed by atoms with Gasteiger partial charge in [0.2, 0.25) is 0 Å². The Bertz CT molecular complexity index is 158. The molecule has 0 aliphatic carbocycles. The molecule has 0 aromatic rings. The lowest BCUT2D eigenvalue weighted by Gasteiger charge is -2.18. The summed E-state index contributed by atoms with van der Waals surface area (Å²) in [7, 11) is 0. The third-order valence-corrected chi connectivity index (χ3v) is 3.01. The van der Waals surface area contributed by atoms with Crippen LogP contribution in [0.3, 0.4) is 0 Å². The molecule has 1 heterocycles. The standard InChI is InChI=1S/C8H14NOS/c1-3-9-7(2)6-11-8(9)4-5-10/h8,10H,3-5H2,1-2H3/q+1. The first-order valence-corrected chi connectivity index (χ1v) is 4.80. The number of allylic oxidation sites excluding steroid dienone is 1. The molecular formula is C8H14NOS+. The highest BCUT2D eigenvalue weighted by molar-refractivity contribution is 8.01. The largest absolute Gasteiger partial charge is 0.396 e. The van der Waals surface area contributed by atoms with Crippen LogP contribution in [-0.4, -0.2) is 28.5 Å². The highest BCUT2D eigenvalue weighted by Crippen LogP contribution is 2.30. The Morgan fingerprint density at radius 2 is 2.45 bits per heavy atom. The Kier molecular flexibility index (Phi) is 3.18. The monoisotopic (exact) mass is 172 g/mol. The summed E-state index contributed by atoms with van der Waals surface area (Å²) in [6.45, 7) is 5.47. The molecule has 1 atom stereocenters. The van der Waals surface area contributed by atoms with E-state index >= 15 is 0 Å². The Labute approximate surface area is 72.3 Å². The number of thioether (sulfide) groups is 1. The summed E-state index contributed by atoms with van der Waals surface area (Å²) < 4.78 is 0. The van der Waals surface area contributed by atoms with Crippen molar-refractivity contribution < 1.29 is 5.11 Å². The average Bonchev–Trinajstić information content (AvgIpc) is 2.33. The molecule has 2 nitrogen and oxygen atoms in total. The molecule has 11 heavy (non-hydrogen) atoms. The smallest absolute Gasteiger partial charge is 0.332 e. The fourth-order valence-corrected chi connectivity index (χ4v) is 2.34. The summed E-state index contributed by atoms with van der Waals surface area (Å²) in [5, 5.41) is 12.4. The maximum Gasteiger partial charge on any atom is 0.332 e. The zero-order valence-electron chi connectivity index (χ0n) is 7.00. The zero-order valence-corrected chi connectivity index (χ0v) is 7.82. The molecule has 0 aromatic carbocycles. The topological polar surface area (TPSA) is 23.5 Å². The Morgan fingerprint density at radius 1 is 1.73 bits per heavy atom. The third-order valence-electron chi connectivity index (χ3n) is 1.84. The van der Waals surface area contributed by atoms with Gasteiger partial charge in [0, 0.05) is 26.5 Å². The van der Waals surface area contributed by atoms with Gasteiger partial charge in [0.15, 0.2) is 11.8 Å². The lowest BCUT2D eigenvalue weighted by atomic mass is 10.3. The minimum Gasteiger partial charge on any atom is -0.396 e. The lowest BCUT2D eigenvalue weighted by Crippen LogP contribution is -2.27. The van der Waals surface area contributed by atoms with Crippen LogP contribution in [0, 0.1) is 5.41 Å². The van der Waals surface area contributed by atoms with Crippen molar-refractivity contribution >= 4 is 11.8 Å². The van der Waals surface area contributed by atoms with E-state index in [0.29, 0.717) is 5.37 Å². The third kappa shape index (κ3) is 1.86. The molecule has 1 aliphatic rings. The van der Waals surface area contributed by atoms with Gasteiger partial charge in [-0.1, -0.05) is 0 Å². The Hall–Kier alpha value is -0.240. The summed E-state index contributed by atoms with van der Waals surface area (Å²) in [6.07, 6.45) is 0.836. The van der Waals surface area contributed by atoms with Gasteiger partial charge in [-0.25, -0.2) is 0 Å². The van der Waals surface area contributed by atoms with Gasteiger partial charge in [-0.15, -0.1) is 0 Å². The molecule has 0 aromatic heterocycles. The SMILES string of the molecule is CCN1C(C)=[C+]SC1CCO. The van der Waals surface area contributed by atoms with Gasteiger partial charge < -0.3 is 10.0 Å². The van der Waals surface area contributed by atoms with E-state index in [1.165, 1.54) is 5.70 Å².